The van der Waals surface area contributed by atoms with Crippen LogP contribution in [-0.4, -0.2) is 21.3 Å². The van der Waals surface area contributed by atoms with E-state index >= 15 is 0 Å². The molecule has 2 aromatic heterocycles. The molecule has 2 aromatic rings. The molecule has 0 aliphatic carbocycles. The van der Waals surface area contributed by atoms with Gasteiger partial charge in [-0.1, -0.05) is 18.3 Å². The highest BCUT2D eigenvalue weighted by Crippen LogP contribution is 2.28. The van der Waals surface area contributed by atoms with E-state index < -0.39 is 0 Å². The molecule has 0 unspecified atom stereocenters. The smallest absolute Gasteiger partial charge is 0.183 e. The van der Waals surface area contributed by atoms with Crippen LogP contribution in [0.15, 0.2) is 18.6 Å². The van der Waals surface area contributed by atoms with Crippen molar-refractivity contribution in [3.05, 3.63) is 18.6 Å². The van der Waals surface area contributed by atoms with Gasteiger partial charge in [-0.05, 0) is 6.42 Å². The van der Waals surface area contributed by atoms with E-state index in [9.17, 15) is 0 Å². The number of thiazole rings is 1. The number of aryl methyl sites for hydroxylation is 1. The molecule has 0 radical (unpaired) electrons. The Hall–Kier alpha value is -1.36. The van der Waals surface area contributed by atoms with Crippen LogP contribution in [0.3, 0.4) is 0 Å². The maximum Gasteiger partial charge on any atom is 0.183 e. The Labute approximate surface area is 93.0 Å². The van der Waals surface area contributed by atoms with Gasteiger partial charge >= 0.3 is 0 Å². The maximum atomic E-state index is 4.31. The number of aromatic nitrogens is 3. The average molecular weight is 222 g/mol. The number of rotatable bonds is 4. The molecule has 2 rings (SSSR count). The van der Waals surface area contributed by atoms with Gasteiger partial charge in [-0.15, -0.1) is 0 Å². The van der Waals surface area contributed by atoms with Crippen LogP contribution in [0.25, 0.3) is 10.4 Å². The number of nitrogens with zero attached hydrogens (tertiary/aromatic N) is 3. The molecule has 2 heterocycles. The predicted molar refractivity (Wildman–Crippen MR) is 63.1 cm³/mol. The van der Waals surface area contributed by atoms with Crippen LogP contribution in [0, 0.1) is 0 Å². The molecule has 0 aromatic carbocycles. The zero-order valence-electron chi connectivity index (χ0n) is 8.90. The van der Waals surface area contributed by atoms with Crippen molar-refractivity contribution in [3.63, 3.8) is 0 Å². The molecule has 0 aliphatic heterocycles. The zero-order valence-corrected chi connectivity index (χ0v) is 9.71. The van der Waals surface area contributed by atoms with E-state index in [1.807, 2.05) is 25.6 Å². The Balaban J connectivity index is 2.13. The molecule has 80 valence electrons. The van der Waals surface area contributed by atoms with E-state index in [-0.39, 0.29) is 0 Å². The minimum absolute atomic E-state index is 0.972. The summed E-state index contributed by atoms with van der Waals surface area (Å²) in [5, 5.41) is 8.39. The number of hydrogen-bond donors (Lipinski definition) is 1. The summed E-state index contributed by atoms with van der Waals surface area (Å²) in [5.74, 6) is 0. The number of anilines is 1. The fourth-order valence-corrected chi connectivity index (χ4v) is 2.09. The topological polar surface area (TPSA) is 42.7 Å². The first-order valence-corrected chi connectivity index (χ1v) is 5.80. The first kappa shape index (κ1) is 10.2. The van der Waals surface area contributed by atoms with Gasteiger partial charge in [0, 0.05) is 31.5 Å². The molecule has 0 saturated heterocycles. The fraction of sp³-hybridized carbons (Fsp3) is 0.400. The molecule has 0 amide bonds. The lowest BCUT2D eigenvalue weighted by atomic mass is 10.3. The Morgan fingerprint density at radius 1 is 1.47 bits per heavy atom. The standard InChI is InChI=1S/C10H14N4S/c1-3-4-11-10-12-6-9(15-10)8-5-13-14(2)7-8/h5-7H,3-4H2,1-2H3,(H,11,12). The first-order chi connectivity index (χ1) is 7.29. The molecule has 4 nitrogen and oxygen atoms in total. The molecule has 15 heavy (non-hydrogen) atoms. The Morgan fingerprint density at radius 2 is 2.33 bits per heavy atom. The molecule has 0 atom stereocenters. The third-order valence-corrected chi connectivity index (χ3v) is 3.03. The van der Waals surface area contributed by atoms with E-state index in [0.29, 0.717) is 0 Å². The highest BCUT2D eigenvalue weighted by Gasteiger charge is 2.05. The van der Waals surface area contributed by atoms with Crippen LogP contribution in [0.5, 0.6) is 0 Å². The molecule has 0 fully saturated rings. The Morgan fingerprint density at radius 3 is 3.00 bits per heavy atom. The molecule has 0 bridgehead atoms. The van der Waals surface area contributed by atoms with Crippen molar-refractivity contribution in [2.75, 3.05) is 11.9 Å². The molecule has 0 aliphatic rings. The van der Waals surface area contributed by atoms with Gasteiger partial charge in [-0.2, -0.15) is 5.10 Å². The lowest BCUT2D eigenvalue weighted by Crippen LogP contribution is -1.97. The quantitative estimate of drug-likeness (QED) is 0.863. The van der Waals surface area contributed by atoms with Crippen molar-refractivity contribution in [1.82, 2.24) is 14.8 Å². The van der Waals surface area contributed by atoms with Crippen LogP contribution in [0.2, 0.25) is 0 Å². The van der Waals surface area contributed by atoms with Gasteiger partial charge in [0.1, 0.15) is 0 Å². The fourth-order valence-electron chi connectivity index (χ4n) is 1.27. The van der Waals surface area contributed by atoms with Gasteiger partial charge in [0.05, 0.1) is 11.1 Å². The van der Waals surface area contributed by atoms with E-state index in [1.54, 1.807) is 16.0 Å². The Bertz CT molecular complexity index is 432. The van der Waals surface area contributed by atoms with E-state index in [0.717, 1.165) is 28.5 Å². The van der Waals surface area contributed by atoms with Crippen molar-refractivity contribution in [3.8, 4) is 10.4 Å². The average Bonchev–Trinajstić information content (AvgIpc) is 2.83. The van der Waals surface area contributed by atoms with Crippen molar-refractivity contribution >= 4 is 16.5 Å². The van der Waals surface area contributed by atoms with Crippen molar-refractivity contribution in [1.29, 1.82) is 0 Å². The van der Waals surface area contributed by atoms with Crippen LogP contribution in [0.1, 0.15) is 13.3 Å². The van der Waals surface area contributed by atoms with E-state index in [2.05, 4.69) is 22.3 Å². The lowest BCUT2D eigenvalue weighted by Gasteiger charge is -1.96. The summed E-state index contributed by atoms with van der Waals surface area (Å²) >= 11 is 1.66. The second-order valence-corrected chi connectivity index (χ2v) is 4.39. The second kappa shape index (κ2) is 4.44. The van der Waals surface area contributed by atoms with Crippen LogP contribution < -0.4 is 5.32 Å². The summed E-state index contributed by atoms with van der Waals surface area (Å²) < 4.78 is 1.80. The summed E-state index contributed by atoms with van der Waals surface area (Å²) in [4.78, 5) is 5.46. The van der Waals surface area contributed by atoms with E-state index in [4.69, 9.17) is 0 Å². The molecule has 0 saturated carbocycles. The predicted octanol–water partition coefficient (Wildman–Crippen LogP) is 2.37. The second-order valence-electron chi connectivity index (χ2n) is 3.36. The maximum absolute atomic E-state index is 4.31. The SMILES string of the molecule is CCCNc1ncc(-c2cnn(C)c2)s1. The minimum atomic E-state index is 0.972. The zero-order chi connectivity index (χ0) is 10.7. The van der Waals surface area contributed by atoms with Crippen molar-refractivity contribution in [2.24, 2.45) is 7.05 Å². The first-order valence-electron chi connectivity index (χ1n) is 4.98. The molecule has 5 heteroatoms. The van der Waals surface area contributed by atoms with Crippen LogP contribution in [0.4, 0.5) is 5.13 Å². The van der Waals surface area contributed by atoms with Crippen molar-refractivity contribution in [2.45, 2.75) is 13.3 Å². The minimum Gasteiger partial charge on any atom is -0.362 e. The normalized spacial score (nSPS) is 10.5. The summed E-state index contributed by atoms with van der Waals surface area (Å²) in [6, 6.07) is 0. The number of nitrogens with one attached hydrogen (secondary N) is 1. The summed E-state index contributed by atoms with van der Waals surface area (Å²) in [7, 11) is 1.92. The third-order valence-electron chi connectivity index (χ3n) is 2.02. The lowest BCUT2D eigenvalue weighted by molar-refractivity contribution is 0.768. The summed E-state index contributed by atoms with van der Waals surface area (Å²) in [6.07, 6.45) is 6.86. The molecule has 1 N–H and O–H groups in total. The van der Waals surface area contributed by atoms with Crippen molar-refractivity contribution < 1.29 is 0 Å². The van der Waals surface area contributed by atoms with E-state index in [1.165, 1.54) is 0 Å². The van der Waals surface area contributed by atoms with Gasteiger partial charge in [0.15, 0.2) is 5.13 Å². The van der Waals surface area contributed by atoms with Crippen LogP contribution in [-0.2, 0) is 7.05 Å². The highest BCUT2D eigenvalue weighted by atomic mass is 32.1. The van der Waals surface area contributed by atoms with Gasteiger partial charge in [-0.25, -0.2) is 4.98 Å². The Kier molecular flexibility index (Phi) is 3.01. The molecule has 0 spiro atoms. The molecular weight excluding hydrogens is 208 g/mol. The summed E-state index contributed by atoms with van der Waals surface area (Å²) in [5.41, 5.74) is 1.12. The highest BCUT2D eigenvalue weighted by molar-refractivity contribution is 7.18. The van der Waals surface area contributed by atoms with Gasteiger partial charge in [0.2, 0.25) is 0 Å². The van der Waals surface area contributed by atoms with Gasteiger partial charge in [0.25, 0.3) is 0 Å². The van der Waals surface area contributed by atoms with Crippen LogP contribution >= 0.6 is 11.3 Å². The third kappa shape index (κ3) is 2.36. The largest absolute Gasteiger partial charge is 0.362 e. The van der Waals surface area contributed by atoms with Gasteiger partial charge < -0.3 is 5.32 Å². The van der Waals surface area contributed by atoms with Gasteiger partial charge in [-0.3, -0.25) is 4.68 Å². The number of hydrogen-bond acceptors (Lipinski definition) is 4. The monoisotopic (exact) mass is 222 g/mol. The molecular formula is C10H14N4S. The summed E-state index contributed by atoms with van der Waals surface area (Å²) in [6.45, 7) is 3.11.